The molecule has 0 amide bonds. The van der Waals surface area contributed by atoms with Gasteiger partial charge in [-0.05, 0) is 13.8 Å². The van der Waals surface area contributed by atoms with Crippen molar-refractivity contribution >= 4 is 11.4 Å². The summed E-state index contributed by atoms with van der Waals surface area (Å²) in [5.41, 5.74) is 6.45. The van der Waals surface area contributed by atoms with Gasteiger partial charge in [-0.3, -0.25) is 0 Å². The maximum atomic E-state index is 13.9. The highest BCUT2D eigenvalue weighted by molar-refractivity contribution is 5.63. The Hall–Kier alpha value is -1.49. The van der Waals surface area contributed by atoms with Gasteiger partial charge in [0.2, 0.25) is 0 Å². The predicted octanol–water partition coefficient (Wildman–Crippen LogP) is 2.28. The van der Waals surface area contributed by atoms with Crippen LogP contribution in [0.3, 0.4) is 0 Å². The molecule has 1 aromatic rings. The molecule has 0 fully saturated rings. The van der Waals surface area contributed by atoms with Gasteiger partial charge in [-0.25, -0.2) is 4.39 Å². The zero-order valence-corrected chi connectivity index (χ0v) is 11.2. The Kier molecular flexibility index (Phi) is 5.71. The molecule has 18 heavy (non-hydrogen) atoms. The molecule has 4 nitrogen and oxygen atoms in total. The van der Waals surface area contributed by atoms with Crippen LogP contribution in [0, 0.1) is 5.82 Å². The van der Waals surface area contributed by atoms with E-state index in [-0.39, 0.29) is 5.82 Å². The molecule has 0 aliphatic rings. The second kappa shape index (κ2) is 7.06. The first-order valence-electron chi connectivity index (χ1n) is 6.09. The maximum Gasteiger partial charge on any atom is 0.148 e. The third kappa shape index (κ3) is 3.50. The van der Waals surface area contributed by atoms with Crippen LogP contribution in [0.25, 0.3) is 0 Å². The largest absolute Gasteiger partial charge is 0.495 e. The zero-order chi connectivity index (χ0) is 13.5. The fourth-order valence-corrected chi connectivity index (χ4v) is 1.75. The molecule has 0 atom stereocenters. The normalized spacial score (nSPS) is 10.4. The minimum atomic E-state index is -0.341. The molecule has 102 valence electrons. The van der Waals surface area contributed by atoms with Crippen molar-refractivity contribution in [2.75, 3.05) is 44.0 Å². The molecule has 2 N–H and O–H groups in total. The van der Waals surface area contributed by atoms with E-state index in [9.17, 15) is 4.39 Å². The van der Waals surface area contributed by atoms with Gasteiger partial charge in [-0.2, -0.15) is 0 Å². The van der Waals surface area contributed by atoms with Gasteiger partial charge < -0.3 is 20.1 Å². The third-order valence-corrected chi connectivity index (χ3v) is 2.73. The number of hydrogen-bond donors (Lipinski definition) is 1. The van der Waals surface area contributed by atoms with Crippen molar-refractivity contribution in [3.05, 3.63) is 17.9 Å². The van der Waals surface area contributed by atoms with Gasteiger partial charge in [-0.15, -0.1) is 0 Å². The summed E-state index contributed by atoms with van der Waals surface area (Å²) in [7, 11) is 1.52. The van der Waals surface area contributed by atoms with E-state index in [1.54, 1.807) is 6.07 Å². The lowest BCUT2D eigenvalue weighted by Crippen LogP contribution is -2.28. The number of nitrogens with two attached hydrogens (primary N) is 1. The van der Waals surface area contributed by atoms with Gasteiger partial charge in [0.15, 0.2) is 0 Å². The number of halogens is 1. The summed E-state index contributed by atoms with van der Waals surface area (Å²) in [6.07, 6.45) is 0. The molecule has 0 aliphatic carbocycles. The summed E-state index contributed by atoms with van der Waals surface area (Å²) in [5, 5.41) is 0. The molecule has 0 heterocycles. The van der Waals surface area contributed by atoms with Crippen LogP contribution in [0.5, 0.6) is 5.75 Å². The average molecular weight is 256 g/mol. The number of benzene rings is 1. The molecule has 0 aliphatic heterocycles. The number of nitrogen functional groups attached to an aromatic ring is 1. The molecule has 0 bridgehead atoms. The zero-order valence-electron chi connectivity index (χ0n) is 11.2. The fraction of sp³-hybridized carbons (Fsp3) is 0.538. The van der Waals surface area contributed by atoms with Crippen LogP contribution in [0.2, 0.25) is 0 Å². The van der Waals surface area contributed by atoms with E-state index in [4.69, 9.17) is 15.2 Å². The van der Waals surface area contributed by atoms with Gasteiger partial charge in [0.1, 0.15) is 11.6 Å². The lowest BCUT2D eigenvalue weighted by atomic mass is 10.2. The number of methoxy groups -OCH3 is 1. The van der Waals surface area contributed by atoms with Crippen molar-refractivity contribution in [2.45, 2.75) is 13.8 Å². The Morgan fingerprint density at radius 2 is 2.06 bits per heavy atom. The molecule has 0 unspecified atom stereocenters. The lowest BCUT2D eigenvalue weighted by Gasteiger charge is -2.24. The summed E-state index contributed by atoms with van der Waals surface area (Å²) < 4.78 is 24.3. The number of likely N-dealkylation sites (N-methyl/N-ethyl adjacent to an activating group) is 1. The van der Waals surface area contributed by atoms with Crippen molar-refractivity contribution < 1.29 is 13.9 Å². The van der Waals surface area contributed by atoms with Gasteiger partial charge in [0.25, 0.3) is 0 Å². The molecule has 0 aromatic heterocycles. The molecule has 1 rings (SSSR count). The standard InChI is InChI=1S/C13H21FN2O2/c1-4-16(6-7-18-5-2)12-9-13(17-3)11(15)8-10(12)14/h8-9H,4-7,15H2,1-3H3. The van der Waals surface area contributed by atoms with Gasteiger partial charge in [0, 0.05) is 31.8 Å². The minimum absolute atomic E-state index is 0.305. The van der Waals surface area contributed by atoms with Crippen LogP contribution >= 0.6 is 0 Å². The Morgan fingerprint density at radius 1 is 1.33 bits per heavy atom. The van der Waals surface area contributed by atoms with Crippen LogP contribution in [0.15, 0.2) is 12.1 Å². The third-order valence-electron chi connectivity index (χ3n) is 2.73. The molecule has 0 spiro atoms. The lowest BCUT2D eigenvalue weighted by molar-refractivity contribution is 0.154. The molecule has 1 aromatic carbocycles. The van der Waals surface area contributed by atoms with E-state index in [1.165, 1.54) is 13.2 Å². The quantitative estimate of drug-likeness (QED) is 0.600. The van der Waals surface area contributed by atoms with Crippen molar-refractivity contribution in [1.82, 2.24) is 0 Å². The SMILES string of the molecule is CCOCCN(CC)c1cc(OC)c(N)cc1F. The average Bonchev–Trinajstić information content (AvgIpc) is 2.36. The van der Waals surface area contributed by atoms with Crippen LogP contribution < -0.4 is 15.4 Å². The molecular formula is C13H21FN2O2. The number of nitrogens with zero attached hydrogens (tertiary/aromatic N) is 1. The molecule has 0 radical (unpaired) electrons. The minimum Gasteiger partial charge on any atom is -0.495 e. The van der Waals surface area contributed by atoms with Crippen molar-refractivity contribution in [3.63, 3.8) is 0 Å². The van der Waals surface area contributed by atoms with Crippen molar-refractivity contribution in [2.24, 2.45) is 0 Å². The Morgan fingerprint density at radius 3 is 2.61 bits per heavy atom. The van der Waals surface area contributed by atoms with E-state index >= 15 is 0 Å². The maximum absolute atomic E-state index is 13.9. The van der Waals surface area contributed by atoms with Gasteiger partial charge in [0.05, 0.1) is 25.1 Å². The number of hydrogen-bond acceptors (Lipinski definition) is 4. The second-order valence-corrected chi connectivity index (χ2v) is 3.82. The van der Waals surface area contributed by atoms with E-state index in [0.717, 1.165) is 0 Å². The van der Waals surface area contributed by atoms with E-state index < -0.39 is 0 Å². The summed E-state index contributed by atoms with van der Waals surface area (Å²) in [6.45, 7) is 6.45. The first kappa shape index (κ1) is 14.6. The molecule has 0 saturated heterocycles. The first-order chi connectivity index (χ1) is 8.63. The van der Waals surface area contributed by atoms with Crippen molar-refractivity contribution in [3.8, 4) is 5.75 Å². The first-order valence-corrected chi connectivity index (χ1v) is 6.09. The Labute approximate surface area is 107 Å². The van der Waals surface area contributed by atoms with E-state index in [1.807, 2.05) is 18.7 Å². The summed E-state index contributed by atoms with van der Waals surface area (Å²) >= 11 is 0. The molecule has 0 saturated carbocycles. The highest BCUT2D eigenvalue weighted by atomic mass is 19.1. The summed E-state index contributed by atoms with van der Waals surface area (Å²) in [4.78, 5) is 1.90. The monoisotopic (exact) mass is 256 g/mol. The summed E-state index contributed by atoms with van der Waals surface area (Å²) in [5.74, 6) is 0.146. The van der Waals surface area contributed by atoms with Crippen LogP contribution in [0.4, 0.5) is 15.8 Å². The van der Waals surface area contributed by atoms with E-state index in [0.29, 0.717) is 43.4 Å². The number of anilines is 2. The highest BCUT2D eigenvalue weighted by Gasteiger charge is 2.13. The molecular weight excluding hydrogens is 235 g/mol. The topological polar surface area (TPSA) is 47.7 Å². The Bertz CT molecular complexity index is 385. The number of rotatable bonds is 7. The van der Waals surface area contributed by atoms with E-state index in [2.05, 4.69) is 0 Å². The smallest absolute Gasteiger partial charge is 0.148 e. The fourth-order valence-electron chi connectivity index (χ4n) is 1.75. The number of ether oxygens (including phenoxy) is 2. The van der Waals surface area contributed by atoms with Gasteiger partial charge in [-0.1, -0.05) is 0 Å². The van der Waals surface area contributed by atoms with Crippen LogP contribution in [0.1, 0.15) is 13.8 Å². The second-order valence-electron chi connectivity index (χ2n) is 3.82. The summed E-state index contributed by atoms with van der Waals surface area (Å²) in [6, 6.07) is 2.91. The van der Waals surface area contributed by atoms with Crippen LogP contribution in [-0.2, 0) is 4.74 Å². The van der Waals surface area contributed by atoms with Crippen molar-refractivity contribution in [1.29, 1.82) is 0 Å². The highest BCUT2D eigenvalue weighted by Crippen LogP contribution is 2.30. The Balaban J connectivity index is 2.90. The molecule has 5 heteroatoms. The van der Waals surface area contributed by atoms with Gasteiger partial charge >= 0.3 is 0 Å². The van der Waals surface area contributed by atoms with Crippen LogP contribution in [-0.4, -0.2) is 33.4 Å². The predicted molar refractivity (Wildman–Crippen MR) is 71.7 cm³/mol.